The Hall–Kier alpha value is -1.09. The first-order chi connectivity index (χ1) is 9.43. The van der Waals surface area contributed by atoms with Crippen molar-refractivity contribution in [1.29, 1.82) is 0 Å². The zero-order valence-corrected chi connectivity index (χ0v) is 13.7. The molecule has 0 saturated carbocycles. The fourth-order valence-corrected chi connectivity index (χ4v) is 3.01. The quantitative estimate of drug-likeness (QED) is 0.834. The standard InChI is InChI=1S/C17H29N3/c1-6-8-18-11-15-13(2)10-14(3)19-16(15)20-9-7-17(4,5)12-20/h10,18H,6-9,11-12H2,1-5H3. The SMILES string of the molecule is CCCNCc1c(C)cc(C)nc1N1CCC(C)(C)C1. The number of aryl methyl sites for hydroxylation is 2. The number of aromatic nitrogens is 1. The molecule has 1 aromatic heterocycles. The number of nitrogens with one attached hydrogen (secondary N) is 1. The highest BCUT2D eigenvalue weighted by molar-refractivity contribution is 5.52. The van der Waals surface area contributed by atoms with Crippen LogP contribution in [0.1, 0.15) is 50.4 Å². The number of hydrogen-bond acceptors (Lipinski definition) is 3. The van der Waals surface area contributed by atoms with Crippen LogP contribution in [0.3, 0.4) is 0 Å². The first-order valence-corrected chi connectivity index (χ1v) is 7.86. The van der Waals surface area contributed by atoms with Crippen molar-refractivity contribution in [3.8, 4) is 0 Å². The summed E-state index contributed by atoms with van der Waals surface area (Å²) in [6.45, 7) is 15.5. The number of rotatable bonds is 5. The third-order valence-electron chi connectivity index (χ3n) is 4.16. The molecular weight excluding hydrogens is 246 g/mol. The Labute approximate surface area is 123 Å². The van der Waals surface area contributed by atoms with Crippen LogP contribution in [0, 0.1) is 19.3 Å². The zero-order chi connectivity index (χ0) is 14.8. The molecule has 1 fully saturated rings. The molecule has 1 aromatic rings. The lowest BCUT2D eigenvalue weighted by Crippen LogP contribution is -2.27. The Morgan fingerprint density at radius 2 is 2.10 bits per heavy atom. The predicted molar refractivity (Wildman–Crippen MR) is 86.3 cm³/mol. The number of hydrogen-bond donors (Lipinski definition) is 1. The highest BCUT2D eigenvalue weighted by atomic mass is 15.2. The van der Waals surface area contributed by atoms with Gasteiger partial charge < -0.3 is 10.2 Å². The normalized spacial score (nSPS) is 17.8. The lowest BCUT2D eigenvalue weighted by atomic mass is 9.93. The summed E-state index contributed by atoms with van der Waals surface area (Å²) in [4.78, 5) is 7.32. The third kappa shape index (κ3) is 3.51. The molecule has 1 aliphatic heterocycles. The molecule has 1 aliphatic rings. The van der Waals surface area contributed by atoms with Gasteiger partial charge in [-0.15, -0.1) is 0 Å². The molecular formula is C17H29N3. The minimum Gasteiger partial charge on any atom is -0.356 e. The number of nitrogens with zero attached hydrogens (tertiary/aromatic N) is 2. The van der Waals surface area contributed by atoms with Crippen LogP contribution in [0.25, 0.3) is 0 Å². The van der Waals surface area contributed by atoms with Crippen LogP contribution in [0.2, 0.25) is 0 Å². The molecule has 0 bridgehead atoms. The first-order valence-electron chi connectivity index (χ1n) is 7.86. The Kier molecular flexibility index (Phi) is 4.69. The van der Waals surface area contributed by atoms with Crippen molar-refractivity contribution < 1.29 is 0 Å². The van der Waals surface area contributed by atoms with Gasteiger partial charge in [0.1, 0.15) is 5.82 Å². The highest BCUT2D eigenvalue weighted by Crippen LogP contribution is 2.34. The van der Waals surface area contributed by atoms with E-state index in [4.69, 9.17) is 4.98 Å². The molecule has 3 nitrogen and oxygen atoms in total. The summed E-state index contributed by atoms with van der Waals surface area (Å²) in [5.74, 6) is 1.21. The van der Waals surface area contributed by atoms with E-state index in [-0.39, 0.29) is 0 Å². The zero-order valence-electron chi connectivity index (χ0n) is 13.7. The maximum atomic E-state index is 4.85. The molecule has 0 unspecified atom stereocenters. The van der Waals surface area contributed by atoms with E-state index in [0.29, 0.717) is 5.41 Å². The van der Waals surface area contributed by atoms with Crippen LogP contribution in [0.15, 0.2) is 6.07 Å². The van der Waals surface area contributed by atoms with Crippen molar-refractivity contribution in [2.24, 2.45) is 5.41 Å². The molecule has 0 spiro atoms. The topological polar surface area (TPSA) is 28.2 Å². The largest absolute Gasteiger partial charge is 0.356 e. The van der Waals surface area contributed by atoms with Gasteiger partial charge in [0.15, 0.2) is 0 Å². The van der Waals surface area contributed by atoms with Crippen LogP contribution >= 0.6 is 0 Å². The summed E-state index contributed by atoms with van der Waals surface area (Å²) in [6.07, 6.45) is 2.42. The Morgan fingerprint density at radius 1 is 1.35 bits per heavy atom. The molecule has 0 amide bonds. The fourth-order valence-electron chi connectivity index (χ4n) is 3.01. The van der Waals surface area contributed by atoms with E-state index < -0.39 is 0 Å². The smallest absolute Gasteiger partial charge is 0.133 e. The van der Waals surface area contributed by atoms with Gasteiger partial charge in [-0.2, -0.15) is 0 Å². The number of anilines is 1. The molecule has 0 atom stereocenters. The number of pyridine rings is 1. The van der Waals surface area contributed by atoms with E-state index in [1.807, 2.05) is 0 Å². The van der Waals surface area contributed by atoms with Gasteiger partial charge in [-0.05, 0) is 50.3 Å². The van der Waals surface area contributed by atoms with Crippen LogP contribution in [-0.4, -0.2) is 24.6 Å². The maximum absolute atomic E-state index is 4.85. The maximum Gasteiger partial charge on any atom is 0.133 e. The van der Waals surface area contributed by atoms with Gasteiger partial charge in [0, 0.05) is 30.9 Å². The van der Waals surface area contributed by atoms with E-state index in [0.717, 1.165) is 31.9 Å². The molecule has 2 rings (SSSR count). The molecule has 112 valence electrons. The summed E-state index contributed by atoms with van der Waals surface area (Å²) >= 11 is 0. The Morgan fingerprint density at radius 3 is 2.70 bits per heavy atom. The lowest BCUT2D eigenvalue weighted by molar-refractivity contribution is 0.418. The average molecular weight is 275 g/mol. The van der Waals surface area contributed by atoms with Crippen molar-refractivity contribution in [3.63, 3.8) is 0 Å². The molecule has 0 aromatic carbocycles. The van der Waals surface area contributed by atoms with Crippen molar-refractivity contribution in [2.75, 3.05) is 24.5 Å². The van der Waals surface area contributed by atoms with Gasteiger partial charge >= 0.3 is 0 Å². The van der Waals surface area contributed by atoms with Gasteiger partial charge in [-0.1, -0.05) is 20.8 Å². The van der Waals surface area contributed by atoms with Crippen molar-refractivity contribution in [1.82, 2.24) is 10.3 Å². The van der Waals surface area contributed by atoms with E-state index in [1.165, 1.54) is 29.8 Å². The molecule has 0 aliphatic carbocycles. The summed E-state index contributed by atoms with van der Waals surface area (Å²) in [6, 6.07) is 2.20. The van der Waals surface area contributed by atoms with Gasteiger partial charge in [0.2, 0.25) is 0 Å². The van der Waals surface area contributed by atoms with Crippen LogP contribution in [-0.2, 0) is 6.54 Å². The van der Waals surface area contributed by atoms with Gasteiger partial charge in [0.25, 0.3) is 0 Å². The minimum absolute atomic E-state index is 0.410. The summed E-state index contributed by atoms with van der Waals surface area (Å²) < 4.78 is 0. The van der Waals surface area contributed by atoms with E-state index in [9.17, 15) is 0 Å². The fraction of sp³-hybridized carbons (Fsp3) is 0.706. The molecule has 1 saturated heterocycles. The Balaban J connectivity index is 2.26. The van der Waals surface area contributed by atoms with Crippen molar-refractivity contribution in [2.45, 2.75) is 54.0 Å². The second-order valence-corrected chi connectivity index (χ2v) is 6.90. The van der Waals surface area contributed by atoms with E-state index in [1.54, 1.807) is 0 Å². The summed E-state index contributed by atoms with van der Waals surface area (Å²) in [7, 11) is 0. The molecule has 20 heavy (non-hydrogen) atoms. The molecule has 0 radical (unpaired) electrons. The van der Waals surface area contributed by atoms with E-state index in [2.05, 4.69) is 50.9 Å². The second-order valence-electron chi connectivity index (χ2n) is 6.90. The third-order valence-corrected chi connectivity index (χ3v) is 4.16. The Bertz CT molecular complexity index is 466. The van der Waals surface area contributed by atoms with Gasteiger partial charge in [0.05, 0.1) is 0 Å². The van der Waals surface area contributed by atoms with Crippen LogP contribution < -0.4 is 10.2 Å². The second kappa shape index (κ2) is 6.13. The highest BCUT2D eigenvalue weighted by Gasteiger charge is 2.31. The predicted octanol–water partition coefficient (Wildman–Crippen LogP) is 3.43. The molecule has 1 N–H and O–H groups in total. The average Bonchev–Trinajstić information content (AvgIpc) is 2.72. The minimum atomic E-state index is 0.410. The molecule has 3 heteroatoms. The lowest BCUT2D eigenvalue weighted by Gasteiger charge is -2.25. The van der Waals surface area contributed by atoms with E-state index >= 15 is 0 Å². The van der Waals surface area contributed by atoms with Crippen LogP contribution in [0.4, 0.5) is 5.82 Å². The summed E-state index contributed by atoms with van der Waals surface area (Å²) in [5.41, 5.74) is 4.27. The van der Waals surface area contributed by atoms with Gasteiger partial charge in [-0.3, -0.25) is 0 Å². The van der Waals surface area contributed by atoms with Gasteiger partial charge in [-0.25, -0.2) is 4.98 Å². The molecule has 2 heterocycles. The van der Waals surface area contributed by atoms with Crippen molar-refractivity contribution >= 4 is 5.82 Å². The first kappa shape index (κ1) is 15.3. The summed E-state index contributed by atoms with van der Waals surface area (Å²) in [5, 5.41) is 3.53. The van der Waals surface area contributed by atoms with Crippen LogP contribution in [0.5, 0.6) is 0 Å². The monoisotopic (exact) mass is 275 g/mol. The van der Waals surface area contributed by atoms with Crippen molar-refractivity contribution in [3.05, 3.63) is 22.9 Å².